The van der Waals surface area contributed by atoms with Crippen LogP contribution in [-0.4, -0.2) is 46.5 Å². The number of nitrogens with one attached hydrogen (secondary N) is 1. The van der Waals surface area contributed by atoms with Crippen LogP contribution in [0.15, 0.2) is 29.2 Å². The number of nitrogens with zero attached hydrogens (tertiary/aromatic N) is 1. The fraction of sp³-hybridized carbons (Fsp3) is 0.600. The molecule has 6 heteroatoms. The van der Waals surface area contributed by atoms with Crippen LogP contribution in [0.5, 0.6) is 5.75 Å². The van der Waals surface area contributed by atoms with Gasteiger partial charge in [-0.3, -0.25) is 0 Å². The van der Waals surface area contributed by atoms with Gasteiger partial charge in [0.1, 0.15) is 10.6 Å². The normalized spacial score (nSPS) is 19.7. The van der Waals surface area contributed by atoms with Crippen molar-refractivity contribution in [2.24, 2.45) is 5.92 Å². The highest BCUT2D eigenvalue weighted by Crippen LogP contribution is 2.26. The second kappa shape index (κ2) is 7.24. The first-order chi connectivity index (χ1) is 10.0. The first kappa shape index (κ1) is 16.3. The topological polar surface area (TPSA) is 58.6 Å². The molecular formula is C15H24N2O3S. The summed E-state index contributed by atoms with van der Waals surface area (Å²) < 4.78 is 31.5. The summed E-state index contributed by atoms with van der Waals surface area (Å²) in [6.45, 7) is 2.68. The highest BCUT2D eigenvalue weighted by atomic mass is 32.2. The number of piperidine rings is 1. The Kier molecular flexibility index (Phi) is 5.61. The summed E-state index contributed by atoms with van der Waals surface area (Å²) in [6.07, 6.45) is 3.37. The first-order valence-corrected chi connectivity index (χ1v) is 8.81. The number of hydrogen-bond donors (Lipinski definition) is 1. The van der Waals surface area contributed by atoms with E-state index in [1.807, 2.05) is 0 Å². The van der Waals surface area contributed by atoms with E-state index in [2.05, 4.69) is 5.32 Å². The smallest absolute Gasteiger partial charge is 0.246 e. The first-order valence-electron chi connectivity index (χ1n) is 7.37. The fourth-order valence-corrected chi connectivity index (χ4v) is 3.51. The van der Waals surface area contributed by atoms with Crippen LogP contribution in [-0.2, 0) is 10.0 Å². The molecule has 1 aliphatic rings. The molecule has 1 atom stereocenters. The third-order valence-electron chi connectivity index (χ3n) is 3.79. The van der Waals surface area contributed by atoms with E-state index < -0.39 is 10.0 Å². The molecule has 1 aromatic rings. The van der Waals surface area contributed by atoms with Gasteiger partial charge < -0.3 is 10.1 Å². The van der Waals surface area contributed by atoms with Crippen molar-refractivity contribution in [3.05, 3.63) is 24.3 Å². The van der Waals surface area contributed by atoms with Gasteiger partial charge in [-0.05, 0) is 50.4 Å². The van der Waals surface area contributed by atoms with Crippen LogP contribution >= 0.6 is 0 Å². The van der Waals surface area contributed by atoms with Gasteiger partial charge in [-0.25, -0.2) is 12.7 Å². The fourth-order valence-electron chi connectivity index (χ4n) is 2.49. The maximum atomic E-state index is 12.3. The Balaban J connectivity index is 2.00. The molecule has 5 nitrogen and oxygen atoms in total. The number of ether oxygens (including phenoxy) is 1. The zero-order valence-electron chi connectivity index (χ0n) is 12.7. The Labute approximate surface area is 127 Å². The van der Waals surface area contributed by atoms with Gasteiger partial charge in [0, 0.05) is 14.1 Å². The third-order valence-corrected chi connectivity index (χ3v) is 5.64. The number of rotatable bonds is 6. The molecule has 1 heterocycles. The lowest BCUT2D eigenvalue weighted by atomic mass is 9.97. The number of benzene rings is 1. The van der Waals surface area contributed by atoms with Gasteiger partial charge >= 0.3 is 0 Å². The van der Waals surface area contributed by atoms with E-state index in [1.165, 1.54) is 31.2 Å². The molecule has 0 saturated carbocycles. The number of sulfonamides is 1. The lowest BCUT2D eigenvalue weighted by Gasteiger charge is -2.23. The van der Waals surface area contributed by atoms with Gasteiger partial charge in [0.2, 0.25) is 10.0 Å². The maximum absolute atomic E-state index is 12.3. The zero-order valence-corrected chi connectivity index (χ0v) is 13.5. The molecule has 1 aliphatic heterocycles. The van der Waals surface area contributed by atoms with Crippen LogP contribution in [0.25, 0.3) is 0 Å². The van der Waals surface area contributed by atoms with E-state index in [9.17, 15) is 8.42 Å². The van der Waals surface area contributed by atoms with Crippen LogP contribution < -0.4 is 10.1 Å². The lowest BCUT2D eigenvalue weighted by Crippen LogP contribution is -2.30. The van der Waals surface area contributed by atoms with Gasteiger partial charge in [-0.15, -0.1) is 0 Å². The minimum absolute atomic E-state index is 0.233. The predicted octanol–water partition coefficient (Wildman–Crippen LogP) is 1.71. The Morgan fingerprint density at radius 1 is 1.33 bits per heavy atom. The Hall–Kier alpha value is -1.11. The molecule has 21 heavy (non-hydrogen) atoms. The maximum Gasteiger partial charge on any atom is 0.246 e. The van der Waals surface area contributed by atoms with Crippen LogP contribution in [0.3, 0.4) is 0 Å². The van der Waals surface area contributed by atoms with E-state index in [0.29, 0.717) is 18.3 Å². The summed E-state index contributed by atoms with van der Waals surface area (Å²) in [4.78, 5) is 0.233. The third kappa shape index (κ3) is 4.18. The molecule has 1 unspecified atom stereocenters. The lowest BCUT2D eigenvalue weighted by molar-refractivity contribution is 0.249. The van der Waals surface area contributed by atoms with Crippen molar-refractivity contribution in [1.82, 2.24) is 9.62 Å². The average Bonchev–Trinajstić information content (AvgIpc) is 2.48. The number of para-hydroxylation sites is 1. The van der Waals surface area contributed by atoms with Crippen molar-refractivity contribution in [2.45, 2.75) is 24.2 Å². The van der Waals surface area contributed by atoms with Gasteiger partial charge in [-0.1, -0.05) is 12.1 Å². The molecule has 1 saturated heterocycles. The van der Waals surface area contributed by atoms with Crippen molar-refractivity contribution in [1.29, 1.82) is 0 Å². The second-order valence-corrected chi connectivity index (χ2v) is 7.70. The van der Waals surface area contributed by atoms with E-state index in [0.717, 1.165) is 19.5 Å². The minimum Gasteiger partial charge on any atom is -0.492 e. The zero-order chi connectivity index (χ0) is 15.3. The summed E-state index contributed by atoms with van der Waals surface area (Å²) in [5, 5.41) is 3.38. The predicted molar refractivity (Wildman–Crippen MR) is 83.0 cm³/mol. The summed E-state index contributed by atoms with van der Waals surface area (Å²) in [5.74, 6) is 1.06. The number of hydrogen-bond acceptors (Lipinski definition) is 4. The summed E-state index contributed by atoms with van der Waals surface area (Å²) in [6, 6.07) is 6.82. The summed E-state index contributed by atoms with van der Waals surface area (Å²) in [7, 11) is -0.412. The van der Waals surface area contributed by atoms with Crippen LogP contribution in [0, 0.1) is 5.92 Å². The molecule has 0 spiro atoms. The van der Waals surface area contributed by atoms with Crippen molar-refractivity contribution >= 4 is 10.0 Å². The molecule has 1 N–H and O–H groups in total. The van der Waals surface area contributed by atoms with Crippen LogP contribution in [0.1, 0.15) is 19.3 Å². The molecule has 0 bridgehead atoms. The highest BCUT2D eigenvalue weighted by Gasteiger charge is 2.22. The largest absolute Gasteiger partial charge is 0.492 e. The SMILES string of the molecule is CN(C)S(=O)(=O)c1ccccc1OCCC1CCCNC1. The molecule has 0 aromatic heterocycles. The Bertz CT molecular complexity index is 552. The standard InChI is InChI=1S/C15H24N2O3S/c1-17(2)21(18,19)15-8-4-3-7-14(15)20-11-9-13-6-5-10-16-12-13/h3-4,7-8,13,16H,5-6,9-12H2,1-2H3. The highest BCUT2D eigenvalue weighted by molar-refractivity contribution is 7.89. The molecular weight excluding hydrogens is 288 g/mol. The Morgan fingerprint density at radius 2 is 2.10 bits per heavy atom. The van der Waals surface area contributed by atoms with Gasteiger partial charge in [0.15, 0.2) is 0 Å². The average molecular weight is 312 g/mol. The van der Waals surface area contributed by atoms with E-state index >= 15 is 0 Å². The van der Waals surface area contributed by atoms with Crippen molar-refractivity contribution in [2.75, 3.05) is 33.8 Å². The van der Waals surface area contributed by atoms with Crippen LogP contribution in [0.4, 0.5) is 0 Å². The van der Waals surface area contributed by atoms with Crippen molar-refractivity contribution < 1.29 is 13.2 Å². The Morgan fingerprint density at radius 3 is 2.76 bits per heavy atom. The summed E-state index contributed by atoms with van der Waals surface area (Å²) in [5.41, 5.74) is 0. The summed E-state index contributed by atoms with van der Waals surface area (Å²) >= 11 is 0. The molecule has 1 aromatic carbocycles. The monoisotopic (exact) mass is 312 g/mol. The minimum atomic E-state index is -3.47. The molecule has 0 aliphatic carbocycles. The second-order valence-electron chi connectivity index (χ2n) is 5.58. The van der Waals surface area contributed by atoms with E-state index in [-0.39, 0.29) is 4.90 Å². The van der Waals surface area contributed by atoms with E-state index in [1.54, 1.807) is 24.3 Å². The molecule has 0 radical (unpaired) electrons. The quantitative estimate of drug-likeness (QED) is 0.869. The van der Waals surface area contributed by atoms with E-state index in [4.69, 9.17) is 4.74 Å². The van der Waals surface area contributed by atoms with Gasteiger partial charge in [-0.2, -0.15) is 0 Å². The molecule has 2 rings (SSSR count). The van der Waals surface area contributed by atoms with Gasteiger partial charge in [0.05, 0.1) is 6.61 Å². The molecule has 118 valence electrons. The molecule has 1 fully saturated rings. The van der Waals surface area contributed by atoms with Gasteiger partial charge in [0.25, 0.3) is 0 Å². The van der Waals surface area contributed by atoms with Crippen molar-refractivity contribution in [3.63, 3.8) is 0 Å². The van der Waals surface area contributed by atoms with Crippen LogP contribution in [0.2, 0.25) is 0 Å². The van der Waals surface area contributed by atoms with Crippen molar-refractivity contribution in [3.8, 4) is 5.75 Å². The molecule has 0 amide bonds.